The third kappa shape index (κ3) is 2.57. The average Bonchev–Trinajstić information content (AvgIpc) is 3.07. The van der Waals surface area contributed by atoms with Crippen molar-refractivity contribution < 1.29 is 4.52 Å². The van der Waals surface area contributed by atoms with Gasteiger partial charge in [-0.15, -0.1) is 0 Å². The van der Waals surface area contributed by atoms with Crippen LogP contribution in [0.2, 0.25) is 0 Å². The van der Waals surface area contributed by atoms with Crippen molar-refractivity contribution >= 4 is 0 Å². The van der Waals surface area contributed by atoms with Crippen molar-refractivity contribution in [1.29, 1.82) is 0 Å². The minimum atomic E-state index is 0.604. The molecule has 0 bridgehead atoms. The van der Waals surface area contributed by atoms with Gasteiger partial charge >= 0.3 is 0 Å². The molecule has 1 aromatic heterocycles. The molecule has 0 radical (unpaired) electrons. The van der Waals surface area contributed by atoms with Crippen LogP contribution in [0.1, 0.15) is 43.8 Å². The molecule has 0 spiro atoms. The molecule has 1 aliphatic carbocycles. The Labute approximate surface area is 108 Å². The van der Waals surface area contributed by atoms with Crippen molar-refractivity contribution in [3.8, 4) is 0 Å². The topological polar surface area (TPSA) is 63.0 Å². The summed E-state index contributed by atoms with van der Waals surface area (Å²) in [5.41, 5.74) is 0. The van der Waals surface area contributed by atoms with Gasteiger partial charge in [-0.3, -0.25) is 0 Å². The van der Waals surface area contributed by atoms with Crippen molar-refractivity contribution in [2.24, 2.45) is 5.92 Å². The first kappa shape index (κ1) is 12.1. The van der Waals surface area contributed by atoms with E-state index in [0.717, 1.165) is 12.0 Å². The Morgan fingerprint density at radius 3 is 3.00 bits per heavy atom. The van der Waals surface area contributed by atoms with Gasteiger partial charge in [0, 0.05) is 12.1 Å². The first-order valence-corrected chi connectivity index (χ1v) is 7.09. The highest BCUT2D eigenvalue weighted by molar-refractivity contribution is 4.94. The third-order valence-electron chi connectivity index (χ3n) is 4.27. The van der Waals surface area contributed by atoms with Crippen molar-refractivity contribution in [3.63, 3.8) is 0 Å². The Bertz CT molecular complexity index is 386. The third-order valence-corrected chi connectivity index (χ3v) is 4.27. The lowest BCUT2D eigenvalue weighted by molar-refractivity contribution is 0.299. The van der Waals surface area contributed by atoms with Crippen molar-refractivity contribution in [2.45, 2.75) is 57.7 Å². The molecule has 2 N–H and O–H groups in total. The van der Waals surface area contributed by atoms with Crippen LogP contribution < -0.4 is 10.6 Å². The fraction of sp³-hybridized carbons (Fsp3) is 0.846. The van der Waals surface area contributed by atoms with E-state index in [1.165, 1.54) is 38.6 Å². The van der Waals surface area contributed by atoms with Crippen LogP contribution in [0.15, 0.2) is 4.52 Å². The predicted octanol–water partition coefficient (Wildman–Crippen LogP) is 1.39. The van der Waals surface area contributed by atoms with E-state index < -0.39 is 0 Å². The quantitative estimate of drug-likeness (QED) is 0.845. The highest BCUT2D eigenvalue weighted by Crippen LogP contribution is 2.32. The lowest BCUT2D eigenvalue weighted by Crippen LogP contribution is -2.41. The van der Waals surface area contributed by atoms with Crippen molar-refractivity contribution in [1.82, 2.24) is 20.8 Å². The zero-order valence-corrected chi connectivity index (χ0v) is 11.0. The second-order valence-corrected chi connectivity index (χ2v) is 5.52. The fourth-order valence-corrected chi connectivity index (χ4v) is 3.43. The SMILES string of the molecule is Cc1noc(CNC2CCCC2C2CCCN2)n1. The second-order valence-electron chi connectivity index (χ2n) is 5.52. The van der Waals surface area contributed by atoms with Gasteiger partial charge in [0.25, 0.3) is 0 Å². The second kappa shape index (κ2) is 5.36. The Morgan fingerprint density at radius 1 is 1.33 bits per heavy atom. The number of hydrogen-bond acceptors (Lipinski definition) is 5. The maximum absolute atomic E-state index is 5.15. The molecule has 1 aliphatic heterocycles. The molecule has 0 aromatic carbocycles. The summed E-state index contributed by atoms with van der Waals surface area (Å²) in [6.45, 7) is 3.75. The minimum absolute atomic E-state index is 0.604. The monoisotopic (exact) mass is 250 g/mol. The molecular formula is C13H22N4O. The highest BCUT2D eigenvalue weighted by Gasteiger charge is 2.34. The Balaban J connectivity index is 1.54. The summed E-state index contributed by atoms with van der Waals surface area (Å²) in [6.07, 6.45) is 6.62. The van der Waals surface area contributed by atoms with Gasteiger partial charge in [-0.2, -0.15) is 4.98 Å². The first-order chi connectivity index (χ1) is 8.83. The summed E-state index contributed by atoms with van der Waals surface area (Å²) in [5.74, 6) is 2.20. The lowest BCUT2D eigenvalue weighted by atomic mass is 9.93. The summed E-state index contributed by atoms with van der Waals surface area (Å²) < 4.78 is 5.15. The smallest absolute Gasteiger partial charge is 0.240 e. The zero-order chi connectivity index (χ0) is 12.4. The van der Waals surface area contributed by atoms with Crippen LogP contribution in [0.25, 0.3) is 0 Å². The summed E-state index contributed by atoms with van der Waals surface area (Å²) in [5, 5.41) is 11.1. The summed E-state index contributed by atoms with van der Waals surface area (Å²) in [6, 6.07) is 1.32. The summed E-state index contributed by atoms with van der Waals surface area (Å²) in [4.78, 5) is 4.24. The Morgan fingerprint density at radius 2 is 2.28 bits per heavy atom. The van der Waals surface area contributed by atoms with E-state index in [9.17, 15) is 0 Å². The van der Waals surface area contributed by atoms with Crippen molar-refractivity contribution in [2.75, 3.05) is 6.54 Å². The van der Waals surface area contributed by atoms with Crippen LogP contribution in [0, 0.1) is 12.8 Å². The number of aryl methyl sites for hydroxylation is 1. The minimum Gasteiger partial charge on any atom is -0.338 e. The molecule has 1 saturated carbocycles. The first-order valence-electron chi connectivity index (χ1n) is 7.09. The molecule has 1 aromatic rings. The zero-order valence-electron chi connectivity index (χ0n) is 11.0. The molecule has 3 unspecified atom stereocenters. The molecule has 0 amide bonds. The van der Waals surface area contributed by atoms with Gasteiger partial charge < -0.3 is 15.2 Å². The van der Waals surface area contributed by atoms with E-state index in [1.807, 2.05) is 6.92 Å². The van der Waals surface area contributed by atoms with Gasteiger partial charge in [0.1, 0.15) is 0 Å². The van der Waals surface area contributed by atoms with E-state index in [0.29, 0.717) is 24.3 Å². The average molecular weight is 250 g/mol. The molecular weight excluding hydrogens is 228 g/mol. The lowest BCUT2D eigenvalue weighted by Gasteiger charge is -2.26. The number of aromatic nitrogens is 2. The highest BCUT2D eigenvalue weighted by atomic mass is 16.5. The van der Waals surface area contributed by atoms with E-state index in [4.69, 9.17) is 4.52 Å². The summed E-state index contributed by atoms with van der Waals surface area (Å²) >= 11 is 0. The van der Waals surface area contributed by atoms with Crippen molar-refractivity contribution in [3.05, 3.63) is 11.7 Å². The van der Waals surface area contributed by atoms with Gasteiger partial charge in [0.2, 0.25) is 5.89 Å². The largest absolute Gasteiger partial charge is 0.338 e. The normalized spacial score (nSPS) is 32.2. The van der Waals surface area contributed by atoms with Crippen LogP contribution in [0.3, 0.4) is 0 Å². The van der Waals surface area contributed by atoms with Gasteiger partial charge in [-0.25, -0.2) is 0 Å². The molecule has 2 aliphatic rings. The van der Waals surface area contributed by atoms with Crippen LogP contribution in [-0.2, 0) is 6.54 Å². The maximum Gasteiger partial charge on any atom is 0.240 e. The number of hydrogen-bond donors (Lipinski definition) is 2. The van der Waals surface area contributed by atoms with E-state index in [2.05, 4.69) is 20.8 Å². The van der Waals surface area contributed by atoms with Crippen LogP contribution in [0.4, 0.5) is 0 Å². The number of nitrogens with zero attached hydrogens (tertiary/aromatic N) is 2. The van der Waals surface area contributed by atoms with Gasteiger partial charge in [-0.1, -0.05) is 11.6 Å². The Kier molecular flexibility index (Phi) is 3.61. The van der Waals surface area contributed by atoms with Crippen LogP contribution >= 0.6 is 0 Å². The maximum atomic E-state index is 5.15. The molecule has 5 nitrogen and oxygen atoms in total. The molecule has 3 rings (SSSR count). The molecule has 1 saturated heterocycles. The van der Waals surface area contributed by atoms with Gasteiger partial charge in [-0.05, 0) is 45.1 Å². The van der Waals surface area contributed by atoms with E-state index >= 15 is 0 Å². The molecule has 3 atom stereocenters. The van der Waals surface area contributed by atoms with Crippen LogP contribution in [-0.4, -0.2) is 28.8 Å². The molecule has 100 valence electrons. The molecule has 2 heterocycles. The summed E-state index contributed by atoms with van der Waals surface area (Å²) in [7, 11) is 0. The molecule has 18 heavy (non-hydrogen) atoms. The molecule has 5 heteroatoms. The fourth-order valence-electron chi connectivity index (χ4n) is 3.43. The number of nitrogens with one attached hydrogen (secondary N) is 2. The number of rotatable bonds is 4. The molecule has 2 fully saturated rings. The van der Waals surface area contributed by atoms with Gasteiger partial charge in [0.05, 0.1) is 6.54 Å². The van der Waals surface area contributed by atoms with E-state index in [1.54, 1.807) is 0 Å². The standard InChI is InChI=1S/C13H22N4O/c1-9-16-13(18-17-9)8-15-12-5-2-4-10(12)11-6-3-7-14-11/h10-12,14-15H,2-8H2,1H3. The predicted molar refractivity (Wildman–Crippen MR) is 68.0 cm³/mol. The van der Waals surface area contributed by atoms with Gasteiger partial charge in [0.15, 0.2) is 5.82 Å². The van der Waals surface area contributed by atoms with E-state index in [-0.39, 0.29) is 0 Å². The Hall–Kier alpha value is -0.940. The van der Waals surface area contributed by atoms with Crippen LogP contribution in [0.5, 0.6) is 0 Å².